The molecule has 0 aliphatic carbocycles. The van der Waals surface area contributed by atoms with Gasteiger partial charge in [-0.3, -0.25) is 9.59 Å². The maximum atomic E-state index is 11.5. The molecule has 2 amide bonds. The van der Waals surface area contributed by atoms with Crippen molar-refractivity contribution in [3.05, 3.63) is 0 Å². The standard InChI is InChI=1S/C11H20N2O5S/c1-11(2,3)18-10(17)13-7(9(12)16)4-5-19-6-8(14)15/h7H,4-6H2,1-3H3,(H2,12,16)(H,13,17)(H,14,15). The molecule has 0 aliphatic heterocycles. The van der Waals surface area contributed by atoms with E-state index in [4.69, 9.17) is 15.6 Å². The van der Waals surface area contributed by atoms with Crippen LogP contribution in [0.1, 0.15) is 27.2 Å². The molecule has 0 fully saturated rings. The summed E-state index contributed by atoms with van der Waals surface area (Å²) in [5.74, 6) is -1.27. The maximum absolute atomic E-state index is 11.5. The zero-order valence-electron chi connectivity index (χ0n) is 11.3. The van der Waals surface area contributed by atoms with E-state index in [1.165, 1.54) is 0 Å². The Morgan fingerprint density at radius 2 is 1.95 bits per heavy atom. The minimum absolute atomic E-state index is 0.0576. The lowest BCUT2D eigenvalue weighted by atomic mass is 10.2. The zero-order chi connectivity index (χ0) is 15.1. The van der Waals surface area contributed by atoms with Crippen molar-refractivity contribution in [2.24, 2.45) is 5.73 Å². The fraction of sp³-hybridized carbons (Fsp3) is 0.727. The van der Waals surface area contributed by atoms with E-state index in [1.807, 2.05) is 0 Å². The third-order valence-corrected chi connectivity index (χ3v) is 2.79. The number of carbonyl (C=O) groups excluding carboxylic acids is 2. The summed E-state index contributed by atoms with van der Waals surface area (Å²) >= 11 is 1.15. The van der Waals surface area contributed by atoms with Gasteiger partial charge >= 0.3 is 12.1 Å². The number of nitrogens with one attached hydrogen (secondary N) is 1. The average molecular weight is 292 g/mol. The molecule has 0 saturated carbocycles. The van der Waals surface area contributed by atoms with E-state index in [2.05, 4.69) is 5.32 Å². The zero-order valence-corrected chi connectivity index (χ0v) is 12.1. The normalized spacial score (nSPS) is 12.6. The largest absolute Gasteiger partial charge is 0.481 e. The molecule has 4 N–H and O–H groups in total. The summed E-state index contributed by atoms with van der Waals surface area (Å²) in [4.78, 5) is 32.9. The number of thioether (sulfide) groups is 1. The smallest absolute Gasteiger partial charge is 0.408 e. The van der Waals surface area contributed by atoms with Crippen LogP contribution in [0.15, 0.2) is 0 Å². The fourth-order valence-corrected chi connectivity index (χ4v) is 1.82. The van der Waals surface area contributed by atoms with Crippen molar-refractivity contribution >= 4 is 29.7 Å². The van der Waals surface area contributed by atoms with Crippen molar-refractivity contribution in [3.63, 3.8) is 0 Å². The molecule has 1 unspecified atom stereocenters. The molecule has 0 aromatic heterocycles. The second-order valence-electron chi connectivity index (χ2n) is 4.84. The number of primary amides is 1. The third-order valence-electron chi connectivity index (χ3n) is 1.81. The summed E-state index contributed by atoms with van der Waals surface area (Å²) < 4.78 is 5.00. The van der Waals surface area contributed by atoms with E-state index in [-0.39, 0.29) is 12.2 Å². The highest BCUT2D eigenvalue weighted by Crippen LogP contribution is 2.08. The topological polar surface area (TPSA) is 119 Å². The van der Waals surface area contributed by atoms with E-state index in [0.717, 1.165) is 11.8 Å². The Bertz CT molecular complexity index is 340. The van der Waals surface area contributed by atoms with Crippen LogP contribution >= 0.6 is 11.8 Å². The molecule has 0 aromatic rings. The van der Waals surface area contributed by atoms with Gasteiger partial charge in [0.1, 0.15) is 11.6 Å². The first-order chi connectivity index (χ1) is 8.61. The van der Waals surface area contributed by atoms with Gasteiger partial charge in [-0.2, -0.15) is 11.8 Å². The predicted octanol–water partition coefficient (Wildman–Crippen LogP) is 0.573. The quantitative estimate of drug-likeness (QED) is 0.590. The van der Waals surface area contributed by atoms with Gasteiger partial charge in [-0.15, -0.1) is 0 Å². The first-order valence-electron chi connectivity index (χ1n) is 5.70. The first-order valence-corrected chi connectivity index (χ1v) is 6.85. The van der Waals surface area contributed by atoms with Crippen LogP contribution in [-0.2, 0) is 14.3 Å². The number of aliphatic carboxylic acids is 1. The third kappa shape index (κ3) is 10.2. The van der Waals surface area contributed by atoms with Crippen LogP contribution in [0.3, 0.4) is 0 Å². The van der Waals surface area contributed by atoms with Crippen molar-refractivity contribution in [1.82, 2.24) is 5.32 Å². The Morgan fingerprint density at radius 1 is 1.37 bits per heavy atom. The van der Waals surface area contributed by atoms with Crippen LogP contribution in [0.4, 0.5) is 4.79 Å². The number of carboxylic acid groups (broad SMARTS) is 1. The Balaban J connectivity index is 4.16. The van der Waals surface area contributed by atoms with Gasteiger partial charge in [0.25, 0.3) is 0 Å². The Labute approximate surface area is 116 Å². The molecule has 110 valence electrons. The molecule has 0 spiro atoms. The van der Waals surface area contributed by atoms with Crippen molar-refractivity contribution < 1.29 is 24.2 Å². The van der Waals surface area contributed by atoms with Crippen LogP contribution in [0.5, 0.6) is 0 Å². The molecule has 7 nitrogen and oxygen atoms in total. The van der Waals surface area contributed by atoms with Crippen LogP contribution in [0.25, 0.3) is 0 Å². The number of amides is 2. The van der Waals surface area contributed by atoms with Crippen LogP contribution in [-0.4, -0.2) is 46.2 Å². The number of carbonyl (C=O) groups is 3. The molecule has 0 rings (SSSR count). The van der Waals surface area contributed by atoms with Crippen LogP contribution in [0, 0.1) is 0 Å². The van der Waals surface area contributed by atoms with E-state index in [0.29, 0.717) is 5.75 Å². The van der Waals surface area contributed by atoms with Gasteiger partial charge in [-0.1, -0.05) is 0 Å². The van der Waals surface area contributed by atoms with Gasteiger partial charge in [-0.05, 0) is 32.9 Å². The van der Waals surface area contributed by atoms with Gasteiger partial charge in [0.15, 0.2) is 0 Å². The van der Waals surface area contributed by atoms with Crippen molar-refractivity contribution in [3.8, 4) is 0 Å². The molecule has 1 atom stereocenters. The average Bonchev–Trinajstić information content (AvgIpc) is 2.19. The summed E-state index contributed by atoms with van der Waals surface area (Å²) in [6.45, 7) is 5.11. The summed E-state index contributed by atoms with van der Waals surface area (Å²) in [6.07, 6.45) is -0.466. The second kappa shape index (κ2) is 7.88. The fourth-order valence-electron chi connectivity index (χ4n) is 1.10. The van der Waals surface area contributed by atoms with E-state index < -0.39 is 29.6 Å². The minimum atomic E-state index is -0.930. The summed E-state index contributed by atoms with van der Waals surface area (Å²) in [5, 5.41) is 10.8. The Hall–Kier alpha value is -1.44. The lowest BCUT2D eigenvalue weighted by Crippen LogP contribution is -2.46. The molecule has 8 heteroatoms. The molecule has 19 heavy (non-hydrogen) atoms. The number of ether oxygens (including phenoxy) is 1. The highest BCUT2D eigenvalue weighted by Gasteiger charge is 2.22. The van der Waals surface area contributed by atoms with Crippen molar-refractivity contribution in [2.45, 2.75) is 38.8 Å². The van der Waals surface area contributed by atoms with Crippen LogP contribution in [0.2, 0.25) is 0 Å². The first kappa shape index (κ1) is 17.6. The highest BCUT2D eigenvalue weighted by molar-refractivity contribution is 7.99. The molecule has 0 aliphatic rings. The van der Waals surface area contributed by atoms with Crippen molar-refractivity contribution in [1.29, 1.82) is 0 Å². The van der Waals surface area contributed by atoms with E-state index in [9.17, 15) is 14.4 Å². The van der Waals surface area contributed by atoms with Crippen molar-refractivity contribution in [2.75, 3.05) is 11.5 Å². The highest BCUT2D eigenvalue weighted by atomic mass is 32.2. The molecule has 0 saturated heterocycles. The van der Waals surface area contributed by atoms with Gasteiger partial charge in [0.05, 0.1) is 5.75 Å². The van der Waals surface area contributed by atoms with Gasteiger partial charge in [0.2, 0.25) is 5.91 Å². The second-order valence-corrected chi connectivity index (χ2v) is 5.94. The number of hydrogen-bond donors (Lipinski definition) is 3. The summed E-state index contributed by atoms with van der Waals surface area (Å²) in [6, 6.07) is -0.865. The van der Waals surface area contributed by atoms with E-state index in [1.54, 1.807) is 20.8 Å². The molecular weight excluding hydrogens is 272 g/mol. The molecule has 0 aromatic carbocycles. The maximum Gasteiger partial charge on any atom is 0.408 e. The number of rotatable bonds is 7. The molecule has 0 heterocycles. The molecular formula is C11H20N2O5S. The number of nitrogens with two attached hydrogens (primary N) is 1. The SMILES string of the molecule is CC(C)(C)OC(=O)NC(CCSCC(=O)O)C(N)=O. The van der Waals surface area contributed by atoms with Crippen LogP contribution < -0.4 is 11.1 Å². The lowest BCUT2D eigenvalue weighted by Gasteiger charge is -2.22. The number of alkyl carbamates (subject to hydrolysis) is 1. The monoisotopic (exact) mass is 292 g/mol. The summed E-state index contributed by atoms with van der Waals surface area (Å²) in [7, 11) is 0. The summed E-state index contributed by atoms with van der Waals surface area (Å²) in [5.41, 5.74) is 4.49. The number of hydrogen-bond acceptors (Lipinski definition) is 5. The van der Waals surface area contributed by atoms with E-state index >= 15 is 0 Å². The predicted molar refractivity (Wildman–Crippen MR) is 71.9 cm³/mol. The Kier molecular flexibility index (Phi) is 7.28. The van der Waals surface area contributed by atoms with Gasteiger partial charge < -0.3 is 20.9 Å². The number of carboxylic acids is 1. The minimum Gasteiger partial charge on any atom is -0.481 e. The lowest BCUT2D eigenvalue weighted by molar-refractivity contribution is -0.133. The van der Waals surface area contributed by atoms with Gasteiger partial charge in [0, 0.05) is 0 Å². The Morgan fingerprint density at radius 3 is 2.37 bits per heavy atom. The molecule has 0 radical (unpaired) electrons. The van der Waals surface area contributed by atoms with Gasteiger partial charge in [-0.25, -0.2) is 4.79 Å². The molecule has 0 bridgehead atoms.